The van der Waals surface area contributed by atoms with Crippen molar-refractivity contribution in [2.45, 2.75) is 65.8 Å². The van der Waals surface area contributed by atoms with Gasteiger partial charge in [0.05, 0.1) is 18.8 Å². The zero-order valence-corrected chi connectivity index (χ0v) is 14.2. The van der Waals surface area contributed by atoms with Crippen LogP contribution < -0.4 is 0 Å². The van der Waals surface area contributed by atoms with Crippen LogP contribution in [0, 0.1) is 6.92 Å². The van der Waals surface area contributed by atoms with Crippen molar-refractivity contribution < 1.29 is 9.84 Å². The average Bonchev–Trinajstić information content (AvgIpc) is 2.43. The second-order valence-electron chi connectivity index (χ2n) is 6.21. The van der Waals surface area contributed by atoms with Crippen molar-refractivity contribution in [2.24, 2.45) is 0 Å². The van der Waals surface area contributed by atoms with Crippen LogP contribution in [-0.4, -0.2) is 41.4 Å². The first kappa shape index (κ1) is 18.1. The second-order valence-corrected chi connectivity index (χ2v) is 6.21. The van der Waals surface area contributed by atoms with Crippen LogP contribution in [0.4, 0.5) is 0 Å². The molecule has 0 saturated carbocycles. The van der Waals surface area contributed by atoms with Crippen LogP contribution in [0.5, 0.6) is 0 Å². The maximum atomic E-state index is 10.2. The molecule has 1 aromatic carbocycles. The lowest BCUT2D eigenvalue weighted by atomic mass is 10.1. The zero-order chi connectivity index (χ0) is 15.8. The summed E-state index contributed by atoms with van der Waals surface area (Å²) < 4.78 is 5.51. The van der Waals surface area contributed by atoms with E-state index in [0.29, 0.717) is 19.2 Å². The number of ether oxygens (including phenoxy) is 1. The fourth-order valence-corrected chi connectivity index (χ4v) is 2.33. The molecule has 0 fully saturated rings. The third-order valence-electron chi connectivity index (χ3n) is 3.75. The first-order valence-electron chi connectivity index (χ1n) is 8.01. The highest BCUT2D eigenvalue weighted by Gasteiger charge is 2.17. The van der Waals surface area contributed by atoms with E-state index < -0.39 is 6.10 Å². The maximum Gasteiger partial charge on any atom is 0.0900 e. The first-order chi connectivity index (χ1) is 9.92. The van der Waals surface area contributed by atoms with Crippen molar-refractivity contribution in [3.63, 3.8) is 0 Å². The Hall–Kier alpha value is -0.900. The smallest absolute Gasteiger partial charge is 0.0900 e. The Kier molecular flexibility index (Phi) is 7.94. The minimum atomic E-state index is -0.439. The van der Waals surface area contributed by atoms with Crippen LogP contribution in [0.25, 0.3) is 0 Å². The maximum absolute atomic E-state index is 10.2. The van der Waals surface area contributed by atoms with Crippen LogP contribution in [-0.2, 0) is 11.3 Å². The van der Waals surface area contributed by atoms with Crippen molar-refractivity contribution in [3.8, 4) is 0 Å². The number of aryl methyl sites for hydroxylation is 1. The fourth-order valence-electron chi connectivity index (χ4n) is 2.33. The minimum Gasteiger partial charge on any atom is -0.389 e. The Balaban J connectivity index is 2.63. The van der Waals surface area contributed by atoms with E-state index in [0.717, 1.165) is 13.0 Å². The average molecular weight is 293 g/mol. The SMILES string of the molecule is CC[C@H](C)N(Cc1cccc(C)c1)C[C@@H](O)COC(C)C. The lowest BCUT2D eigenvalue weighted by molar-refractivity contribution is -0.0149. The van der Waals surface area contributed by atoms with Crippen LogP contribution >= 0.6 is 0 Å². The van der Waals surface area contributed by atoms with E-state index in [1.807, 2.05) is 13.8 Å². The Morgan fingerprint density at radius 3 is 2.52 bits per heavy atom. The number of benzene rings is 1. The number of hydrogen-bond acceptors (Lipinski definition) is 3. The Morgan fingerprint density at radius 1 is 1.24 bits per heavy atom. The summed E-state index contributed by atoms with van der Waals surface area (Å²) >= 11 is 0. The van der Waals surface area contributed by atoms with Gasteiger partial charge in [-0.15, -0.1) is 0 Å². The molecule has 0 unspecified atom stereocenters. The third kappa shape index (κ3) is 7.07. The van der Waals surface area contributed by atoms with E-state index in [1.165, 1.54) is 11.1 Å². The van der Waals surface area contributed by atoms with E-state index in [-0.39, 0.29) is 6.10 Å². The molecule has 0 aliphatic rings. The Labute approximate surface area is 129 Å². The summed E-state index contributed by atoms with van der Waals surface area (Å²) in [5.41, 5.74) is 2.58. The minimum absolute atomic E-state index is 0.161. The van der Waals surface area contributed by atoms with Crippen LogP contribution in [0.3, 0.4) is 0 Å². The van der Waals surface area contributed by atoms with Crippen LogP contribution in [0.1, 0.15) is 45.2 Å². The van der Waals surface area contributed by atoms with E-state index in [4.69, 9.17) is 4.74 Å². The molecule has 0 amide bonds. The predicted octanol–water partition coefficient (Wildman–Crippen LogP) is 3.38. The molecule has 0 aliphatic carbocycles. The summed E-state index contributed by atoms with van der Waals surface area (Å²) in [6.45, 7) is 12.4. The molecule has 0 aromatic heterocycles. The molecule has 1 N–H and O–H groups in total. The van der Waals surface area contributed by atoms with Gasteiger partial charge in [0.2, 0.25) is 0 Å². The molecule has 0 saturated heterocycles. The van der Waals surface area contributed by atoms with Gasteiger partial charge in [-0.3, -0.25) is 4.90 Å². The predicted molar refractivity (Wildman–Crippen MR) is 88.4 cm³/mol. The summed E-state index contributed by atoms with van der Waals surface area (Å²) in [4.78, 5) is 2.34. The molecule has 0 bridgehead atoms. The van der Waals surface area contributed by atoms with Gasteiger partial charge in [0.15, 0.2) is 0 Å². The van der Waals surface area contributed by atoms with Gasteiger partial charge in [-0.25, -0.2) is 0 Å². The third-order valence-corrected chi connectivity index (χ3v) is 3.75. The van der Waals surface area contributed by atoms with Gasteiger partial charge in [0.25, 0.3) is 0 Å². The molecule has 2 atom stereocenters. The van der Waals surface area contributed by atoms with Crippen molar-refractivity contribution in [1.29, 1.82) is 0 Å². The lowest BCUT2D eigenvalue weighted by Gasteiger charge is -2.30. The van der Waals surface area contributed by atoms with E-state index in [1.54, 1.807) is 0 Å². The summed E-state index contributed by atoms with van der Waals surface area (Å²) in [6.07, 6.45) is 0.795. The molecular formula is C18H31NO2. The molecule has 0 radical (unpaired) electrons. The fraction of sp³-hybridized carbons (Fsp3) is 0.667. The standard InChI is InChI=1S/C18H31NO2/c1-6-16(5)19(12-18(20)13-21-14(2)3)11-17-9-7-8-15(4)10-17/h7-10,14,16,18,20H,6,11-13H2,1-5H3/t16-,18+/m0/s1. The summed E-state index contributed by atoms with van der Waals surface area (Å²) in [6, 6.07) is 9.02. The zero-order valence-electron chi connectivity index (χ0n) is 14.2. The van der Waals surface area contributed by atoms with Gasteiger partial charge in [0, 0.05) is 19.1 Å². The summed E-state index contributed by atoms with van der Waals surface area (Å²) in [7, 11) is 0. The molecule has 3 nitrogen and oxygen atoms in total. The van der Waals surface area contributed by atoms with Gasteiger partial charge < -0.3 is 9.84 Å². The largest absolute Gasteiger partial charge is 0.389 e. The molecule has 3 heteroatoms. The van der Waals surface area contributed by atoms with E-state index in [9.17, 15) is 5.11 Å². The van der Waals surface area contributed by atoms with Gasteiger partial charge in [0.1, 0.15) is 0 Å². The monoisotopic (exact) mass is 293 g/mol. The molecule has 1 aromatic rings. The second kappa shape index (κ2) is 9.19. The Bertz CT molecular complexity index is 406. The molecule has 0 aliphatic heterocycles. The van der Waals surface area contributed by atoms with Crippen molar-refractivity contribution in [1.82, 2.24) is 4.90 Å². The molecule has 0 heterocycles. The molecule has 21 heavy (non-hydrogen) atoms. The highest BCUT2D eigenvalue weighted by Crippen LogP contribution is 2.13. The van der Waals surface area contributed by atoms with Gasteiger partial charge in [-0.1, -0.05) is 36.8 Å². The Morgan fingerprint density at radius 2 is 1.95 bits per heavy atom. The number of aliphatic hydroxyl groups is 1. The number of hydrogen-bond donors (Lipinski definition) is 1. The normalized spacial score (nSPS) is 14.7. The van der Waals surface area contributed by atoms with Gasteiger partial charge >= 0.3 is 0 Å². The highest BCUT2D eigenvalue weighted by molar-refractivity contribution is 5.22. The molecule has 120 valence electrons. The van der Waals surface area contributed by atoms with Crippen molar-refractivity contribution in [3.05, 3.63) is 35.4 Å². The van der Waals surface area contributed by atoms with Gasteiger partial charge in [-0.05, 0) is 39.7 Å². The lowest BCUT2D eigenvalue weighted by Crippen LogP contribution is -2.40. The van der Waals surface area contributed by atoms with E-state index in [2.05, 4.69) is 49.9 Å². The summed E-state index contributed by atoms with van der Waals surface area (Å²) in [5, 5.41) is 10.2. The van der Waals surface area contributed by atoms with Crippen LogP contribution in [0.2, 0.25) is 0 Å². The van der Waals surface area contributed by atoms with Crippen LogP contribution in [0.15, 0.2) is 24.3 Å². The number of rotatable bonds is 9. The highest BCUT2D eigenvalue weighted by atomic mass is 16.5. The number of aliphatic hydroxyl groups excluding tert-OH is 1. The molecule has 1 rings (SSSR count). The van der Waals surface area contributed by atoms with Crippen molar-refractivity contribution >= 4 is 0 Å². The summed E-state index contributed by atoms with van der Waals surface area (Å²) in [5.74, 6) is 0. The van der Waals surface area contributed by atoms with Gasteiger partial charge in [-0.2, -0.15) is 0 Å². The topological polar surface area (TPSA) is 32.7 Å². The van der Waals surface area contributed by atoms with E-state index >= 15 is 0 Å². The molecular weight excluding hydrogens is 262 g/mol. The first-order valence-corrected chi connectivity index (χ1v) is 8.01. The quantitative estimate of drug-likeness (QED) is 0.757. The number of nitrogens with zero attached hydrogens (tertiary/aromatic N) is 1. The molecule has 0 spiro atoms. The van der Waals surface area contributed by atoms with Crippen molar-refractivity contribution in [2.75, 3.05) is 13.2 Å².